The lowest BCUT2D eigenvalue weighted by atomic mass is 10.0. The summed E-state index contributed by atoms with van der Waals surface area (Å²) < 4.78 is 5.21. The Morgan fingerprint density at radius 1 is 0.909 bits per heavy atom. The molecule has 2 N–H and O–H groups in total. The predicted octanol–water partition coefficient (Wildman–Crippen LogP) is 4.47. The van der Waals surface area contributed by atoms with E-state index in [1.165, 1.54) is 63.2 Å². The third kappa shape index (κ3) is 12.4. The third-order valence-electron chi connectivity index (χ3n) is 3.31. The van der Waals surface area contributed by atoms with Crippen molar-refractivity contribution < 1.29 is 14.9 Å². The van der Waals surface area contributed by atoms with Gasteiger partial charge in [0.2, 0.25) is 0 Å². The molecule has 126 valence electrons. The van der Waals surface area contributed by atoms with Gasteiger partial charge in [-0.1, -0.05) is 64.2 Å². The van der Waals surface area contributed by atoms with Crippen LogP contribution in [0, 0.1) is 0 Å². The van der Waals surface area contributed by atoms with Gasteiger partial charge >= 0.3 is 0 Å². The second-order valence-electron chi connectivity index (χ2n) is 5.25. The van der Waals surface area contributed by atoms with E-state index in [0.717, 1.165) is 5.75 Å². The molecular weight excluding hydrogens is 276 g/mol. The minimum Gasteiger partial charge on any atom is -0.466 e. The molecule has 1 rings (SSSR count). The number of aryl methyl sites for hydroxylation is 1. The van der Waals surface area contributed by atoms with E-state index in [1.54, 1.807) is 0 Å². The van der Waals surface area contributed by atoms with Crippen molar-refractivity contribution >= 4 is 0 Å². The fourth-order valence-corrected chi connectivity index (χ4v) is 2.12. The monoisotopic (exact) mass is 308 g/mol. The normalized spacial score (nSPS) is 9.77. The Morgan fingerprint density at radius 3 is 1.95 bits per heavy atom. The average molecular weight is 308 g/mol. The summed E-state index contributed by atoms with van der Waals surface area (Å²) in [7, 11) is 0. The molecule has 0 aromatic heterocycles. The molecule has 3 heteroatoms. The maximum absolute atomic E-state index is 7.62. The smallest absolute Gasteiger partial charge is 0.126 e. The lowest BCUT2D eigenvalue weighted by molar-refractivity contribution is 0.186. The molecule has 1 aromatic carbocycles. The van der Waals surface area contributed by atoms with E-state index < -0.39 is 0 Å². The summed E-state index contributed by atoms with van der Waals surface area (Å²) in [6.45, 7) is 5.56. The summed E-state index contributed by atoms with van der Waals surface area (Å²) in [5.74, 6) is 0.869. The molecule has 22 heavy (non-hydrogen) atoms. The van der Waals surface area contributed by atoms with Crippen LogP contribution in [0.15, 0.2) is 37.1 Å². The molecule has 0 saturated heterocycles. The number of unbranched alkanes of at least 4 members (excludes halogenated alkanes) is 6. The average Bonchev–Trinajstić information content (AvgIpc) is 2.56. The summed E-state index contributed by atoms with van der Waals surface area (Å²) in [5, 5.41) is 15.2. The van der Waals surface area contributed by atoms with E-state index >= 15 is 0 Å². The molecular formula is C19H32O3. The van der Waals surface area contributed by atoms with Gasteiger partial charge in [-0.25, -0.2) is 0 Å². The van der Waals surface area contributed by atoms with Crippen LogP contribution in [0.4, 0.5) is 0 Å². The SMILES string of the molecule is C=COc1ccc(CCCCCCCCC)cc1.OCCO. The second kappa shape index (κ2) is 16.1. The molecule has 0 bridgehead atoms. The molecule has 0 fully saturated rings. The fraction of sp³-hybridized carbons (Fsp3) is 0.579. The number of hydrogen-bond acceptors (Lipinski definition) is 3. The van der Waals surface area contributed by atoms with Gasteiger partial charge in [-0.3, -0.25) is 0 Å². The van der Waals surface area contributed by atoms with Gasteiger partial charge < -0.3 is 14.9 Å². The van der Waals surface area contributed by atoms with Crippen LogP contribution in [-0.4, -0.2) is 23.4 Å². The van der Waals surface area contributed by atoms with Crippen LogP contribution >= 0.6 is 0 Å². The van der Waals surface area contributed by atoms with Crippen LogP contribution in [0.5, 0.6) is 5.75 Å². The molecule has 0 saturated carbocycles. The largest absolute Gasteiger partial charge is 0.466 e. The molecule has 3 nitrogen and oxygen atoms in total. The van der Waals surface area contributed by atoms with Crippen LogP contribution in [0.2, 0.25) is 0 Å². The van der Waals surface area contributed by atoms with Crippen molar-refractivity contribution in [3.8, 4) is 5.75 Å². The van der Waals surface area contributed by atoms with Crippen LogP contribution in [-0.2, 0) is 6.42 Å². The van der Waals surface area contributed by atoms with Gasteiger partial charge in [0.05, 0.1) is 19.5 Å². The molecule has 1 aromatic rings. The number of aliphatic hydroxyl groups is 2. The summed E-state index contributed by atoms with van der Waals surface area (Å²) in [6.07, 6.45) is 12.2. The van der Waals surface area contributed by atoms with Gasteiger partial charge in [0.1, 0.15) is 5.75 Å². The highest BCUT2D eigenvalue weighted by Crippen LogP contribution is 2.15. The highest BCUT2D eigenvalue weighted by molar-refractivity contribution is 5.27. The molecule has 0 aliphatic carbocycles. The van der Waals surface area contributed by atoms with Crippen LogP contribution < -0.4 is 4.74 Å². The Bertz CT molecular complexity index is 344. The Balaban J connectivity index is 0.000000980. The van der Waals surface area contributed by atoms with E-state index in [4.69, 9.17) is 14.9 Å². The first-order valence-electron chi connectivity index (χ1n) is 8.36. The quantitative estimate of drug-likeness (QED) is 0.468. The number of rotatable bonds is 11. The molecule has 0 aliphatic heterocycles. The first-order valence-corrected chi connectivity index (χ1v) is 8.36. The molecule has 0 amide bonds. The second-order valence-corrected chi connectivity index (χ2v) is 5.25. The molecule has 0 aliphatic rings. The van der Waals surface area contributed by atoms with E-state index in [-0.39, 0.29) is 13.2 Å². The highest BCUT2D eigenvalue weighted by Gasteiger charge is 1.96. The Labute approximate surface area is 135 Å². The summed E-state index contributed by atoms with van der Waals surface area (Å²) in [4.78, 5) is 0. The molecule has 0 spiro atoms. The number of benzene rings is 1. The van der Waals surface area contributed by atoms with Gasteiger partial charge in [0.25, 0.3) is 0 Å². The van der Waals surface area contributed by atoms with E-state index in [0.29, 0.717) is 0 Å². The van der Waals surface area contributed by atoms with Crippen molar-refractivity contribution in [2.24, 2.45) is 0 Å². The van der Waals surface area contributed by atoms with Crippen molar-refractivity contribution in [2.45, 2.75) is 58.3 Å². The van der Waals surface area contributed by atoms with Gasteiger partial charge in [-0.2, -0.15) is 0 Å². The van der Waals surface area contributed by atoms with E-state index in [1.807, 2.05) is 12.1 Å². The molecule has 0 unspecified atom stereocenters. The van der Waals surface area contributed by atoms with Gasteiger partial charge in [-0.05, 0) is 30.5 Å². The van der Waals surface area contributed by atoms with Crippen molar-refractivity contribution in [1.82, 2.24) is 0 Å². The van der Waals surface area contributed by atoms with Gasteiger partial charge in [0.15, 0.2) is 0 Å². The molecule has 0 atom stereocenters. The van der Waals surface area contributed by atoms with E-state index in [9.17, 15) is 0 Å². The first-order chi connectivity index (χ1) is 10.8. The van der Waals surface area contributed by atoms with Crippen molar-refractivity contribution in [1.29, 1.82) is 0 Å². The first kappa shape index (κ1) is 20.7. The highest BCUT2D eigenvalue weighted by atomic mass is 16.5. The van der Waals surface area contributed by atoms with Crippen molar-refractivity contribution in [3.05, 3.63) is 42.7 Å². The maximum atomic E-state index is 7.62. The predicted molar refractivity (Wildman–Crippen MR) is 93.1 cm³/mol. The number of hydrogen-bond donors (Lipinski definition) is 2. The van der Waals surface area contributed by atoms with Crippen molar-refractivity contribution in [2.75, 3.05) is 13.2 Å². The van der Waals surface area contributed by atoms with Gasteiger partial charge in [0, 0.05) is 0 Å². The zero-order chi connectivity index (χ0) is 16.5. The van der Waals surface area contributed by atoms with E-state index in [2.05, 4.69) is 25.6 Å². The summed E-state index contributed by atoms with van der Waals surface area (Å²) in [5.41, 5.74) is 1.40. The van der Waals surface area contributed by atoms with Crippen molar-refractivity contribution in [3.63, 3.8) is 0 Å². The van der Waals surface area contributed by atoms with Gasteiger partial charge in [-0.15, -0.1) is 0 Å². The Morgan fingerprint density at radius 2 is 1.45 bits per heavy atom. The molecule has 0 heterocycles. The lowest BCUT2D eigenvalue weighted by Gasteiger charge is -2.04. The number of ether oxygens (including phenoxy) is 1. The zero-order valence-corrected chi connectivity index (χ0v) is 14.0. The zero-order valence-electron chi connectivity index (χ0n) is 14.0. The minimum absolute atomic E-state index is 0.125. The maximum Gasteiger partial charge on any atom is 0.126 e. The third-order valence-corrected chi connectivity index (χ3v) is 3.31. The Kier molecular flexibility index (Phi) is 15.1. The standard InChI is InChI=1S/C17H26O.C2H6O2/c1-3-5-6-7-8-9-10-11-16-12-14-17(15-13-16)18-4-2;3-1-2-4/h4,12-15H,2-3,5-11H2,1H3;3-4H,1-2H2. The lowest BCUT2D eigenvalue weighted by Crippen LogP contribution is -1.87. The number of aliphatic hydroxyl groups excluding tert-OH is 2. The minimum atomic E-state index is -0.125. The molecule has 0 radical (unpaired) electrons. The topological polar surface area (TPSA) is 49.7 Å². The van der Waals surface area contributed by atoms with Crippen LogP contribution in [0.1, 0.15) is 57.4 Å². The van der Waals surface area contributed by atoms with Crippen LogP contribution in [0.3, 0.4) is 0 Å². The fourth-order valence-electron chi connectivity index (χ4n) is 2.12. The summed E-state index contributed by atoms with van der Waals surface area (Å²) in [6, 6.07) is 8.32. The summed E-state index contributed by atoms with van der Waals surface area (Å²) >= 11 is 0. The van der Waals surface area contributed by atoms with Crippen LogP contribution in [0.25, 0.3) is 0 Å². The Hall–Kier alpha value is -1.32.